The molecule has 2 saturated heterocycles. The van der Waals surface area contributed by atoms with Gasteiger partial charge in [0, 0.05) is 56.4 Å². The Bertz CT molecular complexity index is 419. The number of morpholine rings is 1. The third-order valence-electron chi connectivity index (χ3n) is 4.07. The summed E-state index contributed by atoms with van der Waals surface area (Å²) in [5.74, 6) is 0. The molecule has 0 radical (unpaired) electrons. The molecule has 112 valence electrons. The Balaban J connectivity index is 1.49. The number of aromatic nitrogens is 1. The fourth-order valence-electron chi connectivity index (χ4n) is 3.03. The van der Waals surface area contributed by atoms with Gasteiger partial charge < -0.3 is 10.1 Å². The summed E-state index contributed by atoms with van der Waals surface area (Å²) in [6, 6.07) is 0.722. The highest BCUT2D eigenvalue weighted by Gasteiger charge is 2.28. The van der Waals surface area contributed by atoms with Gasteiger partial charge in [-0.05, 0) is 13.3 Å². The average molecular weight is 296 g/mol. The summed E-state index contributed by atoms with van der Waals surface area (Å²) in [6.45, 7) is 10.5. The van der Waals surface area contributed by atoms with E-state index in [0.29, 0.717) is 0 Å². The monoisotopic (exact) mass is 296 g/mol. The number of anilines is 1. The SMILES string of the molecule is CCNc1ncc(CN2CCC(N3CCOCC3)C2)s1. The van der Waals surface area contributed by atoms with Gasteiger partial charge >= 0.3 is 0 Å². The fourth-order valence-corrected chi connectivity index (χ4v) is 3.95. The van der Waals surface area contributed by atoms with Gasteiger partial charge in [-0.3, -0.25) is 9.80 Å². The van der Waals surface area contributed by atoms with Gasteiger partial charge in [0.1, 0.15) is 0 Å². The van der Waals surface area contributed by atoms with Gasteiger partial charge in [0.25, 0.3) is 0 Å². The third kappa shape index (κ3) is 3.49. The minimum Gasteiger partial charge on any atom is -0.379 e. The smallest absolute Gasteiger partial charge is 0.182 e. The maximum atomic E-state index is 5.44. The van der Waals surface area contributed by atoms with Crippen LogP contribution >= 0.6 is 11.3 Å². The van der Waals surface area contributed by atoms with Crippen LogP contribution in [0, 0.1) is 0 Å². The second kappa shape index (κ2) is 6.85. The molecule has 1 unspecified atom stereocenters. The minimum absolute atomic E-state index is 0.722. The average Bonchev–Trinajstić information content (AvgIpc) is 3.11. The molecule has 3 rings (SSSR count). The van der Waals surface area contributed by atoms with Crippen LogP contribution in [0.2, 0.25) is 0 Å². The van der Waals surface area contributed by atoms with Gasteiger partial charge in [-0.2, -0.15) is 0 Å². The lowest BCUT2D eigenvalue weighted by Crippen LogP contribution is -2.44. The second-order valence-corrected chi connectivity index (χ2v) is 6.60. The molecule has 0 spiro atoms. The first-order valence-corrected chi connectivity index (χ1v) is 8.39. The molecule has 5 nitrogen and oxygen atoms in total. The molecule has 0 aliphatic carbocycles. The first-order valence-electron chi connectivity index (χ1n) is 7.58. The minimum atomic E-state index is 0.722. The van der Waals surface area contributed by atoms with E-state index in [4.69, 9.17) is 4.74 Å². The van der Waals surface area contributed by atoms with Crippen molar-refractivity contribution in [3.63, 3.8) is 0 Å². The van der Waals surface area contributed by atoms with Crippen molar-refractivity contribution in [2.75, 3.05) is 51.3 Å². The Morgan fingerprint density at radius 1 is 1.40 bits per heavy atom. The zero-order valence-electron chi connectivity index (χ0n) is 12.2. The molecule has 1 N–H and O–H groups in total. The summed E-state index contributed by atoms with van der Waals surface area (Å²) in [4.78, 5) is 10.9. The molecule has 0 saturated carbocycles. The molecule has 2 aliphatic rings. The summed E-state index contributed by atoms with van der Waals surface area (Å²) < 4.78 is 5.44. The maximum Gasteiger partial charge on any atom is 0.182 e. The van der Waals surface area contributed by atoms with Crippen molar-refractivity contribution in [2.45, 2.75) is 25.9 Å². The molecule has 2 aliphatic heterocycles. The van der Waals surface area contributed by atoms with E-state index in [-0.39, 0.29) is 0 Å². The second-order valence-electron chi connectivity index (χ2n) is 5.49. The fraction of sp³-hybridized carbons (Fsp3) is 0.786. The largest absolute Gasteiger partial charge is 0.379 e. The Kier molecular flexibility index (Phi) is 4.88. The predicted molar refractivity (Wildman–Crippen MR) is 82.4 cm³/mol. The van der Waals surface area contributed by atoms with Gasteiger partial charge in [0.05, 0.1) is 13.2 Å². The summed E-state index contributed by atoms with van der Waals surface area (Å²) >= 11 is 1.78. The van der Waals surface area contributed by atoms with Crippen molar-refractivity contribution >= 4 is 16.5 Å². The molecule has 0 amide bonds. The van der Waals surface area contributed by atoms with Crippen LogP contribution < -0.4 is 5.32 Å². The van der Waals surface area contributed by atoms with Crippen molar-refractivity contribution < 1.29 is 4.74 Å². The van der Waals surface area contributed by atoms with Crippen LogP contribution in [-0.2, 0) is 11.3 Å². The Morgan fingerprint density at radius 2 is 2.25 bits per heavy atom. The van der Waals surface area contributed by atoms with Crippen LogP contribution in [-0.4, -0.2) is 66.8 Å². The standard InChI is InChI=1S/C14H24N4OS/c1-2-15-14-16-9-13(20-14)11-17-4-3-12(10-17)18-5-7-19-8-6-18/h9,12H,2-8,10-11H2,1H3,(H,15,16). The van der Waals surface area contributed by atoms with Gasteiger partial charge in [0.2, 0.25) is 0 Å². The molecule has 20 heavy (non-hydrogen) atoms. The topological polar surface area (TPSA) is 40.6 Å². The van der Waals surface area contributed by atoms with E-state index in [1.54, 1.807) is 11.3 Å². The lowest BCUT2D eigenvalue weighted by atomic mass is 10.2. The highest BCUT2D eigenvalue weighted by molar-refractivity contribution is 7.15. The number of hydrogen-bond acceptors (Lipinski definition) is 6. The Hall–Kier alpha value is -0.690. The van der Waals surface area contributed by atoms with Crippen molar-refractivity contribution in [2.24, 2.45) is 0 Å². The van der Waals surface area contributed by atoms with E-state index >= 15 is 0 Å². The molecule has 1 aromatic heterocycles. The predicted octanol–water partition coefficient (Wildman–Crippen LogP) is 1.48. The number of ether oxygens (including phenoxy) is 1. The first kappa shape index (κ1) is 14.3. The number of thiazole rings is 1. The summed E-state index contributed by atoms with van der Waals surface area (Å²) in [7, 11) is 0. The number of likely N-dealkylation sites (tertiary alicyclic amines) is 1. The van der Waals surface area contributed by atoms with Crippen molar-refractivity contribution in [1.29, 1.82) is 0 Å². The molecule has 1 aromatic rings. The van der Waals surface area contributed by atoms with E-state index in [9.17, 15) is 0 Å². The zero-order chi connectivity index (χ0) is 13.8. The third-order valence-corrected chi connectivity index (χ3v) is 5.01. The molecule has 0 bridgehead atoms. The highest BCUT2D eigenvalue weighted by atomic mass is 32.1. The molecule has 3 heterocycles. The van der Waals surface area contributed by atoms with Crippen LogP contribution in [0.4, 0.5) is 5.13 Å². The van der Waals surface area contributed by atoms with Crippen molar-refractivity contribution in [1.82, 2.24) is 14.8 Å². The lowest BCUT2D eigenvalue weighted by Gasteiger charge is -2.32. The summed E-state index contributed by atoms with van der Waals surface area (Å²) in [6.07, 6.45) is 3.31. The van der Waals surface area contributed by atoms with E-state index < -0.39 is 0 Å². The number of nitrogens with one attached hydrogen (secondary N) is 1. The molecule has 0 aromatic carbocycles. The van der Waals surface area contributed by atoms with E-state index in [2.05, 4.69) is 27.0 Å². The molecule has 1 atom stereocenters. The van der Waals surface area contributed by atoms with Crippen LogP contribution in [0.3, 0.4) is 0 Å². The first-order chi connectivity index (χ1) is 9.85. The summed E-state index contributed by atoms with van der Waals surface area (Å²) in [5, 5.41) is 4.33. The summed E-state index contributed by atoms with van der Waals surface area (Å²) in [5.41, 5.74) is 0. The van der Waals surface area contributed by atoms with Crippen molar-refractivity contribution in [3.8, 4) is 0 Å². The molecular formula is C14H24N4OS. The van der Waals surface area contributed by atoms with Crippen molar-refractivity contribution in [3.05, 3.63) is 11.1 Å². The van der Waals surface area contributed by atoms with E-state index in [1.165, 1.54) is 24.4 Å². The van der Waals surface area contributed by atoms with Gasteiger partial charge in [-0.15, -0.1) is 11.3 Å². The quantitative estimate of drug-likeness (QED) is 0.891. The van der Waals surface area contributed by atoms with Gasteiger partial charge in [-0.1, -0.05) is 0 Å². The van der Waals surface area contributed by atoms with E-state index in [0.717, 1.165) is 50.6 Å². The van der Waals surface area contributed by atoms with Crippen LogP contribution in [0.15, 0.2) is 6.20 Å². The Labute approximate surface area is 124 Å². The molecular weight excluding hydrogens is 272 g/mol. The maximum absolute atomic E-state index is 5.44. The molecule has 2 fully saturated rings. The van der Waals surface area contributed by atoms with Crippen LogP contribution in [0.5, 0.6) is 0 Å². The van der Waals surface area contributed by atoms with Gasteiger partial charge in [-0.25, -0.2) is 4.98 Å². The Morgan fingerprint density at radius 3 is 3.05 bits per heavy atom. The normalized spacial score (nSPS) is 25.1. The number of rotatable bonds is 5. The van der Waals surface area contributed by atoms with Crippen LogP contribution in [0.1, 0.15) is 18.2 Å². The number of nitrogens with zero attached hydrogens (tertiary/aromatic N) is 3. The molecule has 6 heteroatoms. The lowest BCUT2D eigenvalue weighted by molar-refractivity contribution is 0.0184. The number of hydrogen-bond donors (Lipinski definition) is 1. The van der Waals surface area contributed by atoms with Gasteiger partial charge in [0.15, 0.2) is 5.13 Å². The van der Waals surface area contributed by atoms with E-state index in [1.807, 2.05) is 6.20 Å². The zero-order valence-corrected chi connectivity index (χ0v) is 13.0. The van der Waals surface area contributed by atoms with Crippen LogP contribution in [0.25, 0.3) is 0 Å². The highest BCUT2D eigenvalue weighted by Crippen LogP contribution is 2.23.